The molecule has 0 unspecified atom stereocenters. The molecule has 122 valence electrons. The SMILES string of the molecule is O=C(CCN1CCC(CCn2ccnc2)CC1)c1ccccc1. The Morgan fingerprint density at radius 1 is 1.13 bits per heavy atom. The summed E-state index contributed by atoms with van der Waals surface area (Å²) in [5.41, 5.74) is 0.836. The van der Waals surface area contributed by atoms with Crippen molar-refractivity contribution in [2.45, 2.75) is 32.2 Å². The molecule has 2 heterocycles. The molecule has 0 saturated carbocycles. The van der Waals surface area contributed by atoms with Gasteiger partial charge in [-0.15, -0.1) is 0 Å². The normalized spacial score (nSPS) is 16.5. The number of hydrogen-bond acceptors (Lipinski definition) is 3. The summed E-state index contributed by atoms with van der Waals surface area (Å²) in [6.45, 7) is 4.20. The van der Waals surface area contributed by atoms with Crippen molar-refractivity contribution in [3.8, 4) is 0 Å². The molecule has 0 amide bonds. The van der Waals surface area contributed by atoms with E-state index < -0.39 is 0 Å². The van der Waals surface area contributed by atoms with Gasteiger partial charge in [0.15, 0.2) is 5.78 Å². The third-order valence-corrected chi connectivity index (χ3v) is 4.81. The second-order valence-corrected chi connectivity index (χ2v) is 6.41. The number of rotatable bonds is 7. The van der Waals surface area contributed by atoms with Crippen LogP contribution in [0.3, 0.4) is 0 Å². The van der Waals surface area contributed by atoms with Crippen LogP contribution in [0.1, 0.15) is 36.0 Å². The Morgan fingerprint density at radius 2 is 1.91 bits per heavy atom. The number of carbonyl (C=O) groups is 1. The monoisotopic (exact) mass is 311 g/mol. The molecule has 1 saturated heterocycles. The number of ketones is 1. The molecule has 0 radical (unpaired) electrons. The number of aryl methyl sites for hydroxylation is 1. The lowest BCUT2D eigenvalue weighted by molar-refractivity contribution is 0.0949. The minimum absolute atomic E-state index is 0.257. The number of carbonyl (C=O) groups excluding carboxylic acids is 1. The summed E-state index contributed by atoms with van der Waals surface area (Å²) < 4.78 is 2.16. The molecule has 4 nitrogen and oxygen atoms in total. The van der Waals surface area contributed by atoms with E-state index in [2.05, 4.69) is 14.5 Å². The van der Waals surface area contributed by atoms with E-state index in [-0.39, 0.29) is 5.78 Å². The minimum atomic E-state index is 0.257. The first-order valence-corrected chi connectivity index (χ1v) is 8.57. The van der Waals surface area contributed by atoms with Gasteiger partial charge in [0.1, 0.15) is 0 Å². The zero-order chi connectivity index (χ0) is 15.9. The molecule has 3 rings (SSSR count). The zero-order valence-electron chi connectivity index (χ0n) is 13.6. The summed E-state index contributed by atoms with van der Waals surface area (Å²) in [6, 6.07) is 9.62. The predicted octanol–water partition coefficient (Wildman–Crippen LogP) is 3.26. The van der Waals surface area contributed by atoms with Gasteiger partial charge in [0.05, 0.1) is 6.33 Å². The lowest BCUT2D eigenvalue weighted by atomic mass is 9.93. The molecule has 23 heavy (non-hydrogen) atoms. The van der Waals surface area contributed by atoms with Crippen molar-refractivity contribution in [2.24, 2.45) is 5.92 Å². The fraction of sp³-hybridized carbons (Fsp3) is 0.474. The van der Waals surface area contributed by atoms with E-state index in [4.69, 9.17) is 0 Å². The minimum Gasteiger partial charge on any atom is -0.337 e. The van der Waals surface area contributed by atoms with Crippen molar-refractivity contribution in [2.75, 3.05) is 19.6 Å². The lowest BCUT2D eigenvalue weighted by Gasteiger charge is -2.31. The average Bonchev–Trinajstić information content (AvgIpc) is 3.13. The van der Waals surface area contributed by atoms with E-state index in [0.29, 0.717) is 6.42 Å². The number of benzene rings is 1. The standard InChI is InChI=1S/C19H25N3O/c23-19(18-4-2-1-3-5-18)9-14-21-11-6-17(7-12-21)8-13-22-15-10-20-16-22/h1-5,10,15-17H,6-9,11-14H2. The first-order chi connectivity index (χ1) is 11.3. The van der Waals surface area contributed by atoms with Crippen LogP contribution in [0, 0.1) is 5.92 Å². The Morgan fingerprint density at radius 3 is 2.61 bits per heavy atom. The van der Waals surface area contributed by atoms with Gasteiger partial charge in [-0.05, 0) is 38.3 Å². The first-order valence-electron chi connectivity index (χ1n) is 8.57. The fourth-order valence-corrected chi connectivity index (χ4v) is 3.28. The maximum Gasteiger partial charge on any atom is 0.164 e. The van der Waals surface area contributed by atoms with E-state index in [9.17, 15) is 4.79 Å². The van der Waals surface area contributed by atoms with Gasteiger partial charge < -0.3 is 9.47 Å². The number of imidazole rings is 1. The molecule has 0 N–H and O–H groups in total. The van der Waals surface area contributed by atoms with Crippen LogP contribution in [0.25, 0.3) is 0 Å². The summed E-state index contributed by atoms with van der Waals surface area (Å²) in [5.74, 6) is 1.06. The molecule has 1 aliphatic heterocycles. The molecular weight excluding hydrogens is 286 g/mol. The van der Waals surface area contributed by atoms with Crippen LogP contribution in [-0.2, 0) is 6.54 Å². The summed E-state index contributed by atoms with van der Waals surface area (Å²) in [5, 5.41) is 0. The molecule has 0 spiro atoms. The van der Waals surface area contributed by atoms with Gasteiger partial charge in [-0.1, -0.05) is 30.3 Å². The van der Waals surface area contributed by atoms with Crippen molar-refractivity contribution >= 4 is 5.78 Å². The summed E-state index contributed by atoms with van der Waals surface area (Å²) in [4.78, 5) is 18.7. The van der Waals surface area contributed by atoms with E-state index in [0.717, 1.165) is 37.7 Å². The molecular formula is C19H25N3O. The molecule has 4 heteroatoms. The van der Waals surface area contributed by atoms with Crippen molar-refractivity contribution < 1.29 is 4.79 Å². The van der Waals surface area contributed by atoms with Crippen LogP contribution >= 0.6 is 0 Å². The summed E-state index contributed by atoms with van der Waals surface area (Å²) >= 11 is 0. The van der Waals surface area contributed by atoms with Crippen LogP contribution in [0.5, 0.6) is 0 Å². The number of nitrogens with zero attached hydrogens (tertiary/aromatic N) is 3. The van der Waals surface area contributed by atoms with Gasteiger partial charge in [0, 0.05) is 37.5 Å². The van der Waals surface area contributed by atoms with Crippen LogP contribution in [0.4, 0.5) is 0 Å². The van der Waals surface area contributed by atoms with Gasteiger partial charge >= 0.3 is 0 Å². The third-order valence-electron chi connectivity index (χ3n) is 4.81. The Hall–Kier alpha value is -1.94. The molecule has 1 fully saturated rings. The van der Waals surface area contributed by atoms with Gasteiger partial charge in [-0.2, -0.15) is 0 Å². The molecule has 1 aromatic carbocycles. The van der Waals surface area contributed by atoms with Crippen molar-refractivity contribution in [3.05, 3.63) is 54.6 Å². The van der Waals surface area contributed by atoms with Crippen LogP contribution in [0.2, 0.25) is 0 Å². The second kappa shape index (κ2) is 8.06. The fourth-order valence-electron chi connectivity index (χ4n) is 3.28. The smallest absolute Gasteiger partial charge is 0.164 e. The first kappa shape index (κ1) is 15.9. The highest BCUT2D eigenvalue weighted by Crippen LogP contribution is 2.21. The van der Waals surface area contributed by atoms with Crippen LogP contribution < -0.4 is 0 Å². The lowest BCUT2D eigenvalue weighted by Crippen LogP contribution is -2.35. The largest absolute Gasteiger partial charge is 0.337 e. The van der Waals surface area contributed by atoms with Crippen molar-refractivity contribution in [1.29, 1.82) is 0 Å². The number of likely N-dealkylation sites (tertiary alicyclic amines) is 1. The molecule has 1 aliphatic rings. The average molecular weight is 311 g/mol. The molecule has 2 aromatic rings. The highest BCUT2D eigenvalue weighted by Gasteiger charge is 2.19. The highest BCUT2D eigenvalue weighted by atomic mass is 16.1. The maximum absolute atomic E-state index is 12.2. The third kappa shape index (κ3) is 4.76. The van der Waals surface area contributed by atoms with Gasteiger partial charge in [0.25, 0.3) is 0 Å². The Bertz CT molecular complexity index is 586. The van der Waals surface area contributed by atoms with Gasteiger partial charge in [-0.3, -0.25) is 4.79 Å². The zero-order valence-corrected chi connectivity index (χ0v) is 13.6. The molecule has 0 atom stereocenters. The Kier molecular flexibility index (Phi) is 5.59. The quantitative estimate of drug-likeness (QED) is 0.737. The van der Waals surface area contributed by atoms with Crippen molar-refractivity contribution in [3.63, 3.8) is 0 Å². The van der Waals surface area contributed by atoms with Crippen LogP contribution in [0.15, 0.2) is 49.1 Å². The molecule has 0 aliphatic carbocycles. The topological polar surface area (TPSA) is 38.1 Å². The second-order valence-electron chi connectivity index (χ2n) is 6.41. The number of piperidine rings is 1. The number of aromatic nitrogens is 2. The van der Waals surface area contributed by atoms with E-state index >= 15 is 0 Å². The van der Waals surface area contributed by atoms with Gasteiger partial charge in [0.2, 0.25) is 0 Å². The van der Waals surface area contributed by atoms with Crippen LogP contribution in [-0.4, -0.2) is 39.9 Å². The Labute approximate surface area is 138 Å². The van der Waals surface area contributed by atoms with E-state index in [1.807, 2.05) is 49.1 Å². The van der Waals surface area contributed by atoms with Crippen molar-refractivity contribution in [1.82, 2.24) is 14.5 Å². The highest BCUT2D eigenvalue weighted by molar-refractivity contribution is 5.96. The number of Topliss-reactive ketones (excluding diaryl/α,β-unsaturated/α-hetero) is 1. The van der Waals surface area contributed by atoms with E-state index in [1.54, 1.807) is 0 Å². The summed E-state index contributed by atoms with van der Waals surface area (Å²) in [6.07, 6.45) is 10.1. The Balaban J connectivity index is 1.35. The van der Waals surface area contributed by atoms with Gasteiger partial charge in [-0.25, -0.2) is 4.98 Å². The van der Waals surface area contributed by atoms with E-state index in [1.165, 1.54) is 19.3 Å². The number of hydrogen-bond donors (Lipinski definition) is 0. The predicted molar refractivity (Wildman–Crippen MR) is 91.4 cm³/mol. The summed E-state index contributed by atoms with van der Waals surface area (Å²) in [7, 11) is 0. The molecule has 1 aromatic heterocycles. The maximum atomic E-state index is 12.2. The molecule has 0 bridgehead atoms.